The average Bonchev–Trinajstić information content (AvgIpc) is 3.18. The number of hydrogen-bond acceptors (Lipinski definition) is 7. The highest BCUT2D eigenvalue weighted by atomic mass is 32.2. The number of aromatic nitrogens is 5. The van der Waals surface area contributed by atoms with Crippen molar-refractivity contribution in [2.24, 2.45) is 0 Å². The number of thioether (sulfide) groups is 1. The van der Waals surface area contributed by atoms with E-state index in [4.69, 9.17) is 0 Å². The molecule has 1 amide bonds. The van der Waals surface area contributed by atoms with Crippen LogP contribution in [0.3, 0.4) is 0 Å². The Morgan fingerprint density at radius 3 is 2.52 bits per heavy atom. The normalized spacial score (nSPS) is 11.5. The first-order chi connectivity index (χ1) is 15.8. The van der Waals surface area contributed by atoms with Crippen LogP contribution in [0.5, 0.6) is 5.75 Å². The Bertz CT molecular complexity index is 1260. The van der Waals surface area contributed by atoms with Crippen molar-refractivity contribution in [3.05, 3.63) is 66.0 Å². The molecule has 2 heterocycles. The largest absolute Gasteiger partial charge is 0.573 e. The molecule has 0 aliphatic carbocycles. The lowest BCUT2D eigenvalue weighted by molar-refractivity contribution is -0.274. The minimum Gasteiger partial charge on any atom is -0.406 e. The Morgan fingerprint density at radius 2 is 1.82 bits per heavy atom. The number of rotatable bonds is 7. The summed E-state index contributed by atoms with van der Waals surface area (Å²) in [6, 6.07) is 12.9. The molecule has 0 bridgehead atoms. The quantitative estimate of drug-likeness (QED) is 0.317. The molecule has 8 nitrogen and oxygen atoms in total. The molecule has 0 atom stereocenters. The van der Waals surface area contributed by atoms with Crippen molar-refractivity contribution in [3.63, 3.8) is 0 Å². The summed E-state index contributed by atoms with van der Waals surface area (Å²) < 4.78 is 42.2. The van der Waals surface area contributed by atoms with Gasteiger partial charge in [-0.3, -0.25) is 4.79 Å². The Hall–Kier alpha value is -3.67. The maximum Gasteiger partial charge on any atom is 0.573 e. The number of nitrogens with zero attached hydrogens (tertiary/aromatic N) is 5. The van der Waals surface area contributed by atoms with Crippen molar-refractivity contribution in [2.75, 3.05) is 11.1 Å². The summed E-state index contributed by atoms with van der Waals surface area (Å²) in [5.41, 5.74) is 3.58. The van der Waals surface area contributed by atoms with Crippen LogP contribution in [0.4, 0.5) is 18.9 Å². The first kappa shape index (κ1) is 22.5. The van der Waals surface area contributed by atoms with Crippen molar-refractivity contribution in [1.82, 2.24) is 25.0 Å². The molecule has 0 fully saturated rings. The van der Waals surface area contributed by atoms with Crippen LogP contribution in [0.2, 0.25) is 0 Å². The maximum atomic E-state index is 12.3. The molecule has 0 aliphatic rings. The summed E-state index contributed by atoms with van der Waals surface area (Å²) in [5.74, 6) is -0.715. The van der Waals surface area contributed by atoms with E-state index in [9.17, 15) is 18.0 Å². The van der Waals surface area contributed by atoms with Gasteiger partial charge >= 0.3 is 6.36 Å². The van der Waals surface area contributed by atoms with Gasteiger partial charge in [-0.15, -0.1) is 18.3 Å². The predicted molar refractivity (Wildman–Crippen MR) is 116 cm³/mol. The van der Waals surface area contributed by atoms with E-state index in [0.717, 1.165) is 35.0 Å². The van der Waals surface area contributed by atoms with Gasteiger partial charge in [0.1, 0.15) is 17.1 Å². The van der Waals surface area contributed by atoms with E-state index < -0.39 is 6.36 Å². The number of alkyl halides is 3. The highest BCUT2D eigenvalue weighted by Crippen LogP contribution is 2.25. The summed E-state index contributed by atoms with van der Waals surface area (Å²) >= 11 is 1.16. The van der Waals surface area contributed by atoms with Crippen LogP contribution in [0.15, 0.2) is 59.9 Å². The molecule has 1 N–H and O–H groups in total. The lowest BCUT2D eigenvalue weighted by atomic mass is 10.1. The number of nitrogens with one attached hydrogen (secondary N) is 1. The molecule has 0 saturated heterocycles. The van der Waals surface area contributed by atoms with Crippen LogP contribution in [-0.4, -0.2) is 43.0 Å². The molecule has 0 unspecified atom stereocenters. The molecule has 0 saturated carbocycles. The molecule has 2 aromatic heterocycles. The molecule has 4 aromatic rings. The van der Waals surface area contributed by atoms with Crippen LogP contribution in [0, 0.1) is 6.92 Å². The number of aryl methyl sites for hydroxylation is 1. The van der Waals surface area contributed by atoms with Crippen molar-refractivity contribution in [1.29, 1.82) is 0 Å². The molecular weight excluding hydrogens is 457 g/mol. The average molecular weight is 474 g/mol. The zero-order valence-electron chi connectivity index (χ0n) is 17.2. The molecule has 170 valence electrons. The zero-order valence-corrected chi connectivity index (χ0v) is 18.0. The maximum absolute atomic E-state index is 12.3. The van der Waals surface area contributed by atoms with Gasteiger partial charge in [0.25, 0.3) is 0 Å². The second kappa shape index (κ2) is 9.45. The third-order valence-corrected chi connectivity index (χ3v) is 5.41. The monoisotopic (exact) mass is 474 g/mol. The Morgan fingerprint density at radius 1 is 1.09 bits per heavy atom. The Kier molecular flexibility index (Phi) is 6.45. The summed E-state index contributed by atoms with van der Waals surface area (Å²) in [5, 5.41) is 11.4. The highest BCUT2D eigenvalue weighted by molar-refractivity contribution is 8.00. The fourth-order valence-corrected chi connectivity index (χ4v) is 3.65. The fourth-order valence-electron chi connectivity index (χ4n) is 2.92. The van der Waals surface area contributed by atoms with Crippen LogP contribution in [0.25, 0.3) is 11.2 Å². The van der Waals surface area contributed by atoms with Gasteiger partial charge in [0.05, 0.1) is 12.3 Å². The van der Waals surface area contributed by atoms with Crippen LogP contribution < -0.4 is 10.1 Å². The minimum atomic E-state index is -4.77. The van der Waals surface area contributed by atoms with E-state index >= 15 is 0 Å². The van der Waals surface area contributed by atoms with Crippen molar-refractivity contribution < 1.29 is 22.7 Å². The van der Waals surface area contributed by atoms with E-state index in [1.54, 1.807) is 4.68 Å². The summed E-state index contributed by atoms with van der Waals surface area (Å²) in [4.78, 5) is 20.7. The zero-order chi connectivity index (χ0) is 23.4. The molecule has 12 heteroatoms. The molecule has 0 spiro atoms. The van der Waals surface area contributed by atoms with Gasteiger partial charge in [0, 0.05) is 5.69 Å². The van der Waals surface area contributed by atoms with E-state index in [0.29, 0.717) is 28.4 Å². The van der Waals surface area contributed by atoms with Crippen molar-refractivity contribution in [3.8, 4) is 5.75 Å². The van der Waals surface area contributed by atoms with E-state index in [-0.39, 0.29) is 17.4 Å². The summed E-state index contributed by atoms with van der Waals surface area (Å²) in [6.07, 6.45) is -3.39. The molecule has 0 radical (unpaired) electrons. The van der Waals surface area contributed by atoms with Gasteiger partial charge < -0.3 is 10.1 Å². The number of amides is 1. The molecule has 4 rings (SSSR count). The topological polar surface area (TPSA) is 94.8 Å². The third-order valence-electron chi connectivity index (χ3n) is 4.43. The fraction of sp³-hybridized carbons (Fsp3) is 0.190. The Balaban J connectivity index is 1.38. The van der Waals surface area contributed by atoms with Gasteiger partial charge in [0.15, 0.2) is 11.2 Å². The van der Waals surface area contributed by atoms with Gasteiger partial charge in [-0.1, -0.05) is 46.8 Å². The predicted octanol–water partition coefficient (Wildman–Crippen LogP) is 4.21. The number of ether oxygens (including phenoxy) is 1. The van der Waals surface area contributed by atoms with Crippen molar-refractivity contribution in [2.45, 2.75) is 24.9 Å². The SMILES string of the molecule is Cc1ccc(Cn2nnc3c(SCC(=O)Nc4ccc(OC(F)(F)F)cc4)ncnc32)cc1. The second-order valence-corrected chi connectivity index (χ2v) is 7.96. The first-order valence-electron chi connectivity index (χ1n) is 9.65. The van der Waals surface area contributed by atoms with E-state index in [1.807, 2.05) is 31.2 Å². The number of halogens is 3. The van der Waals surface area contributed by atoms with E-state index in [2.05, 4.69) is 30.3 Å². The molecule has 33 heavy (non-hydrogen) atoms. The van der Waals surface area contributed by atoms with Crippen LogP contribution >= 0.6 is 11.8 Å². The van der Waals surface area contributed by atoms with Gasteiger partial charge in [0.2, 0.25) is 5.91 Å². The van der Waals surface area contributed by atoms with Gasteiger partial charge in [-0.25, -0.2) is 14.6 Å². The van der Waals surface area contributed by atoms with Crippen LogP contribution in [0.1, 0.15) is 11.1 Å². The number of hydrogen-bond donors (Lipinski definition) is 1. The van der Waals surface area contributed by atoms with Gasteiger partial charge in [-0.2, -0.15) is 0 Å². The number of carbonyl (C=O) groups excluding carboxylic acids is 1. The van der Waals surface area contributed by atoms with Crippen molar-refractivity contribution >= 4 is 34.5 Å². The lowest BCUT2D eigenvalue weighted by Crippen LogP contribution is -2.17. The second-order valence-electron chi connectivity index (χ2n) is 6.99. The Labute approximate surface area is 190 Å². The third kappa shape index (κ3) is 5.98. The number of carbonyl (C=O) groups is 1. The number of fused-ring (bicyclic) bond motifs is 1. The summed E-state index contributed by atoms with van der Waals surface area (Å²) in [7, 11) is 0. The van der Waals surface area contributed by atoms with Crippen LogP contribution in [-0.2, 0) is 11.3 Å². The minimum absolute atomic E-state index is 0.0116. The molecule has 0 aliphatic heterocycles. The number of benzene rings is 2. The number of anilines is 1. The van der Waals surface area contributed by atoms with E-state index in [1.165, 1.54) is 18.5 Å². The summed E-state index contributed by atoms with van der Waals surface area (Å²) in [6.45, 7) is 2.51. The molecule has 2 aromatic carbocycles. The highest BCUT2D eigenvalue weighted by Gasteiger charge is 2.31. The standard InChI is InChI=1S/C21H17F3N6O2S/c1-13-2-4-14(5-3-13)10-30-19-18(28-29-30)20(26-12-25-19)33-11-17(31)27-15-6-8-16(9-7-15)32-21(22,23)24/h2-9,12H,10-11H2,1H3,(H,27,31). The van der Waals surface area contributed by atoms with Gasteiger partial charge in [-0.05, 0) is 36.8 Å². The lowest BCUT2D eigenvalue weighted by Gasteiger charge is -2.10. The molecular formula is C21H17F3N6O2S. The first-order valence-corrected chi connectivity index (χ1v) is 10.6. The smallest absolute Gasteiger partial charge is 0.406 e.